The van der Waals surface area contributed by atoms with Gasteiger partial charge in [-0.15, -0.1) is 11.3 Å². The minimum absolute atomic E-state index is 0.793. The summed E-state index contributed by atoms with van der Waals surface area (Å²) in [5.41, 5.74) is 5.58. The van der Waals surface area contributed by atoms with Crippen LogP contribution in [0.25, 0.3) is 0 Å². The Kier molecular flexibility index (Phi) is 5.45. The molecule has 1 fully saturated rings. The van der Waals surface area contributed by atoms with Crippen LogP contribution in [0.2, 0.25) is 0 Å². The Balaban J connectivity index is 1.58. The van der Waals surface area contributed by atoms with Crippen LogP contribution in [0.4, 0.5) is 0 Å². The Bertz CT molecular complexity index is 292. The van der Waals surface area contributed by atoms with Crippen molar-refractivity contribution in [3.63, 3.8) is 0 Å². The van der Waals surface area contributed by atoms with Crippen LogP contribution in [0.15, 0.2) is 17.5 Å². The summed E-state index contributed by atoms with van der Waals surface area (Å²) in [4.78, 5) is 3.92. The molecular weight excluding hydrogens is 230 g/mol. The van der Waals surface area contributed by atoms with Crippen LogP contribution >= 0.6 is 11.3 Å². The highest BCUT2D eigenvalue weighted by Crippen LogP contribution is 2.16. The van der Waals surface area contributed by atoms with Gasteiger partial charge in [0.2, 0.25) is 0 Å². The van der Waals surface area contributed by atoms with Gasteiger partial charge in [-0.2, -0.15) is 0 Å². The Hall–Kier alpha value is -0.420. The minimum atomic E-state index is 0.793. The molecule has 0 spiro atoms. The fourth-order valence-electron chi connectivity index (χ4n) is 2.41. The Morgan fingerprint density at radius 3 is 2.88 bits per heavy atom. The molecule has 0 radical (unpaired) electrons. The molecule has 1 aliphatic heterocycles. The first kappa shape index (κ1) is 13.0. The fourth-order valence-corrected chi connectivity index (χ4v) is 3.08. The van der Waals surface area contributed by atoms with Crippen LogP contribution in [0.3, 0.4) is 0 Å². The molecule has 0 saturated carbocycles. The SMILES string of the molecule is NCCN1CCC(CNCc2cccs2)CC1. The number of hydrogen-bond donors (Lipinski definition) is 2. The molecule has 0 atom stereocenters. The van der Waals surface area contributed by atoms with Crippen LogP contribution in [-0.4, -0.2) is 37.6 Å². The number of nitrogens with one attached hydrogen (secondary N) is 1. The first-order chi connectivity index (χ1) is 8.38. The average molecular weight is 253 g/mol. The second kappa shape index (κ2) is 7.11. The number of likely N-dealkylation sites (tertiary alicyclic amines) is 1. The molecule has 17 heavy (non-hydrogen) atoms. The summed E-state index contributed by atoms with van der Waals surface area (Å²) in [6, 6.07) is 4.31. The molecule has 0 aromatic carbocycles. The fraction of sp³-hybridized carbons (Fsp3) is 0.692. The van der Waals surface area contributed by atoms with Crippen molar-refractivity contribution in [2.24, 2.45) is 11.7 Å². The summed E-state index contributed by atoms with van der Waals surface area (Å²) < 4.78 is 0. The molecule has 2 rings (SSSR count). The predicted octanol–water partition coefficient (Wildman–Crippen LogP) is 1.51. The van der Waals surface area contributed by atoms with Crippen LogP contribution in [0.1, 0.15) is 17.7 Å². The Morgan fingerprint density at radius 1 is 1.41 bits per heavy atom. The summed E-state index contributed by atoms with van der Waals surface area (Å²) >= 11 is 1.83. The highest BCUT2D eigenvalue weighted by Gasteiger charge is 2.17. The Morgan fingerprint density at radius 2 is 2.24 bits per heavy atom. The maximum absolute atomic E-state index is 5.58. The second-order valence-electron chi connectivity index (χ2n) is 4.78. The van der Waals surface area contributed by atoms with Gasteiger partial charge in [-0.05, 0) is 49.8 Å². The lowest BCUT2D eigenvalue weighted by Crippen LogP contribution is -2.39. The highest BCUT2D eigenvalue weighted by molar-refractivity contribution is 7.09. The lowest BCUT2D eigenvalue weighted by atomic mass is 9.97. The molecule has 2 heterocycles. The molecule has 96 valence electrons. The largest absolute Gasteiger partial charge is 0.329 e. The van der Waals surface area contributed by atoms with Crippen molar-refractivity contribution in [3.05, 3.63) is 22.4 Å². The van der Waals surface area contributed by atoms with Crippen molar-refractivity contribution in [1.29, 1.82) is 0 Å². The summed E-state index contributed by atoms with van der Waals surface area (Å²) in [5.74, 6) is 0.851. The van der Waals surface area contributed by atoms with E-state index in [-0.39, 0.29) is 0 Å². The van der Waals surface area contributed by atoms with Gasteiger partial charge in [-0.1, -0.05) is 6.07 Å². The average Bonchev–Trinajstić information content (AvgIpc) is 2.85. The van der Waals surface area contributed by atoms with Crippen molar-refractivity contribution in [2.45, 2.75) is 19.4 Å². The zero-order valence-electron chi connectivity index (χ0n) is 10.4. The number of nitrogens with zero attached hydrogens (tertiary/aromatic N) is 1. The smallest absolute Gasteiger partial charge is 0.0299 e. The van der Waals surface area contributed by atoms with Crippen LogP contribution < -0.4 is 11.1 Å². The van der Waals surface area contributed by atoms with Gasteiger partial charge in [0.05, 0.1) is 0 Å². The molecule has 0 unspecified atom stereocenters. The van der Waals surface area contributed by atoms with Gasteiger partial charge in [-0.3, -0.25) is 0 Å². The maximum Gasteiger partial charge on any atom is 0.0299 e. The number of nitrogens with two attached hydrogens (primary N) is 1. The first-order valence-corrected chi connectivity index (χ1v) is 7.42. The quantitative estimate of drug-likeness (QED) is 0.807. The van der Waals surface area contributed by atoms with Crippen molar-refractivity contribution < 1.29 is 0 Å². The van der Waals surface area contributed by atoms with Gasteiger partial charge >= 0.3 is 0 Å². The van der Waals surface area contributed by atoms with E-state index >= 15 is 0 Å². The van der Waals surface area contributed by atoms with E-state index in [0.29, 0.717) is 0 Å². The van der Waals surface area contributed by atoms with E-state index in [1.165, 1.54) is 30.8 Å². The minimum Gasteiger partial charge on any atom is -0.329 e. The monoisotopic (exact) mass is 253 g/mol. The molecule has 4 heteroatoms. The van der Waals surface area contributed by atoms with Gasteiger partial charge < -0.3 is 16.0 Å². The van der Waals surface area contributed by atoms with E-state index in [9.17, 15) is 0 Å². The van der Waals surface area contributed by atoms with Crippen molar-refractivity contribution in [3.8, 4) is 0 Å². The van der Waals surface area contributed by atoms with Gasteiger partial charge in [0.25, 0.3) is 0 Å². The van der Waals surface area contributed by atoms with E-state index < -0.39 is 0 Å². The zero-order valence-corrected chi connectivity index (χ0v) is 11.2. The standard InChI is InChI=1S/C13H23N3S/c14-5-8-16-6-3-12(4-7-16)10-15-11-13-2-1-9-17-13/h1-2,9,12,15H,3-8,10-11,14H2. The molecular formula is C13H23N3S. The Labute approximate surface area is 108 Å². The molecule has 1 aliphatic rings. The van der Waals surface area contributed by atoms with Crippen LogP contribution in [0, 0.1) is 5.92 Å². The zero-order chi connectivity index (χ0) is 11.9. The molecule has 1 aromatic heterocycles. The van der Waals surface area contributed by atoms with Gasteiger partial charge in [0.15, 0.2) is 0 Å². The number of rotatable bonds is 6. The van der Waals surface area contributed by atoms with Crippen molar-refractivity contribution in [2.75, 3.05) is 32.7 Å². The normalized spacial score (nSPS) is 18.6. The van der Waals surface area contributed by atoms with E-state index in [2.05, 4.69) is 27.7 Å². The second-order valence-corrected chi connectivity index (χ2v) is 5.82. The molecule has 0 amide bonds. The van der Waals surface area contributed by atoms with Crippen molar-refractivity contribution in [1.82, 2.24) is 10.2 Å². The van der Waals surface area contributed by atoms with E-state index in [1.807, 2.05) is 11.3 Å². The molecule has 1 saturated heterocycles. The van der Waals surface area contributed by atoms with Gasteiger partial charge in [0, 0.05) is 24.5 Å². The third-order valence-corrected chi connectivity index (χ3v) is 4.34. The van der Waals surface area contributed by atoms with Crippen molar-refractivity contribution >= 4 is 11.3 Å². The number of hydrogen-bond acceptors (Lipinski definition) is 4. The van der Waals surface area contributed by atoms with Crippen LogP contribution in [0.5, 0.6) is 0 Å². The lowest BCUT2D eigenvalue weighted by molar-refractivity contribution is 0.186. The third kappa shape index (κ3) is 4.39. The summed E-state index contributed by atoms with van der Waals surface area (Å²) in [6.07, 6.45) is 2.63. The maximum atomic E-state index is 5.58. The molecule has 0 bridgehead atoms. The molecule has 0 aliphatic carbocycles. The summed E-state index contributed by atoms with van der Waals surface area (Å²) in [5, 5.41) is 5.71. The number of piperidine rings is 1. The van der Waals surface area contributed by atoms with Gasteiger partial charge in [-0.25, -0.2) is 0 Å². The van der Waals surface area contributed by atoms with E-state index in [1.54, 1.807) is 0 Å². The third-order valence-electron chi connectivity index (χ3n) is 3.46. The summed E-state index contributed by atoms with van der Waals surface area (Å²) in [7, 11) is 0. The van der Waals surface area contributed by atoms with Crippen LogP contribution in [-0.2, 0) is 6.54 Å². The van der Waals surface area contributed by atoms with Gasteiger partial charge in [0.1, 0.15) is 0 Å². The highest BCUT2D eigenvalue weighted by atomic mass is 32.1. The topological polar surface area (TPSA) is 41.3 Å². The molecule has 3 N–H and O–H groups in total. The predicted molar refractivity (Wildman–Crippen MR) is 74.2 cm³/mol. The molecule has 1 aromatic rings. The van der Waals surface area contributed by atoms with E-state index in [4.69, 9.17) is 5.73 Å². The number of thiophene rings is 1. The van der Waals surface area contributed by atoms with E-state index in [0.717, 1.165) is 32.1 Å². The first-order valence-electron chi connectivity index (χ1n) is 6.54. The molecule has 3 nitrogen and oxygen atoms in total. The lowest BCUT2D eigenvalue weighted by Gasteiger charge is -2.31. The summed E-state index contributed by atoms with van der Waals surface area (Å²) in [6.45, 7) is 6.50.